The first kappa shape index (κ1) is 10.6. The Hall–Kier alpha value is -0.570. The molecule has 0 aromatic carbocycles. The SMILES string of the molecule is Cc1cn(C(C)C2CC3CCC2C3)c(=S)[nH]1. The van der Waals surface area contributed by atoms with Gasteiger partial charge in [0.05, 0.1) is 0 Å². The van der Waals surface area contributed by atoms with Gasteiger partial charge in [-0.25, -0.2) is 0 Å². The Morgan fingerprint density at radius 2 is 2.25 bits per heavy atom. The van der Waals surface area contributed by atoms with Gasteiger partial charge in [-0.05, 0) is 63.1 Å². The van der Waals surface area contributed by atoms with E-state index in [9.17, 15) is 0 Å². The van der Waals surface area contributed by atoms with Crippen LogP contribution in [0, 0.1) is 29.4 Å². The van der Waals surface area contributed by atoms with Crippen LogP contribution < -0.4 is 0 Å². The molecule has 2 bridgehead atoms. The summed E-state index contributed by atoms with van der Waals surface area (Å²) in [5.41, 5.74) is 1.18. The van der Waals surface area contributed by atoms with Crippen LogP contribution in [0.1, 0.15) is 44.3 Å². The van der Waals surface area contributed by atoms with Crippen molar-refractivity contribution in [1.82, 2.24) is 9.55 Å². The summed E-state index contributed by atoms with van der Waals surface area (Å²) >= 11 is 5.38. The van der Waals surface area contributed by atoms with Gasteiger partial charge in [-0.3, -0.25) is 0 Å². The zero-order valence-corrected chi connectivity index (χ0v) is 10.9. The lowest BCUT2D eigenvalue weighted by molar-refractivity contribution is 0.241. The van der Waals surface area contributed by atoms with Crippen LogP contribution in [0.25, 0.3) is 0 Å². The van der Waals surface area contributed by atoms with Gasteiger partial charge >= 0.3 is 0 Å². The van der Waals surface area contributed by atoms with Crippen LogP contribution in [0.3, 0.4) is 0 Å². The fourth-order valence-electron chi connectivity index (χ4n) is 3.93. The molecule has 0 spiro atoms. The number of aromatic amines is 1. The van der Waals surface area contributed by atoms with Crippen molar-refractivity contribution in [2.24, 2.45) is 17.8 Å². The van der Waals surface area contributed by atoms with Crippen molar-refractivity contribution in [2.75, 3.05) is 0 Å². The highest BCUT2D eigenvalue weighted by Crippen LogP contribution is 2.52. The Labute approximate surface area is 102 Å². The van der Waals surface area contributed by atoms with E-state index in [0.29, 0.717) is 6.04 Å². The van der Waals surface area contributed by atoms with Crippen LogP contribution in [-0.2, 0) is 0 Å². The first-order valence-electron chi connectivity index (χ1n) is 6.43. The lowest BCUT2D eigenvalue weighted by atomic mass is 9.84. The predicted octanol–water partition coefficient (Wildman–Crippen LogP) is 3.85. The predicted molar refractivity (Wildman–Crippen MR) is 68.0 cm³/mol. The lowest BCUT2D eigenvalue weighted by Crippen LogP contribution is -2.21. The molecular formula is C13H20N2S. The van der Waals surface area contributed by atoms with E-state index < -0.39 is 0 Å². The zero-order valence-electron chi connectivity index (χ0n) is 10.1. The van der Waals surface area contributed by atoms with Crippen molar-refractivity contribution in [2.45, 2.75) is 45.6 Å². The topological polar surface area (TPSA) is 20.7 Å². The second-order valence-corrected chi connectivity index (χ2v) is 6.12. The maximum atomic E-state index is 5.38. The average Bonchev–Trinajstić information content (AvgIpc) is 2.91. The van der Waals surface area contributed by atoms with Gasteiger partial charge in [-0.15, -0.1) is 0 Å². The van der Waals surface area contributed by atoms with Crippen molar-refractivity contribution in [1.29, 1.82) is 0 Å². The standard InChI is InChI=1S/C13H20N2S/c1-8-7-15(13(16)14-8)9(2)12-6-10-3-4-11(12)5-10/h7,9-12H,3-6H2,1-2H3,(H,14,16). The molecule has 3 heteroatoms. The van der Waals surface area contributed by atoms with Crippen molar-refractivity contribution >= 4 is 12.2 Å². The zero-order chi connectivity index (χ0) is 11.3. The molecule has 1 aromatic heterocycles. The van der Waals surface area contributed by atoms with E-state index in [1.54, 1.807) is 0 Å². The molecule has 1 N–H and O–H groups in total. The molecule has 4 atom stereocenters. The molecule has 2 saturated carbocycles. The van der Waals surface area contributed by atoms with Gasteiger partial charge in [0.15, 0.2) is 4.77 Å². The molecule has 2 nitrogen and oxygen atoms in total. The number of aryl methyl sites for hydroxylation is 1. The van der Waals surface area contributed by atoms with Crippen LogP contribution >= 0.6 is 12.2 Å². The molecule has 1 aromatic rings. The van der Waals surface area contributed by atoms with E-state index in [0.717, 1.165) is 22.5 Å². The molecule has 88 valence electrons. The van der Waals surface area contributed by atoms with E-state index in [2.05, 4.69) is 29.6 Å². The third-order valence-electron chi connectivity index (χ3n) is 4.72. The van der Waals surface area contributed by atoms with Crippen LogP contribution in [0.2, 0.25) is 0 Å². The molecule has 2 fully saturated rings. The molecule has 1 heterocycles. The summed E-state index contributed by atoms with van der Waals surface area (Å²) in [4.78, 5) is 3.23. The first-order chi connectivity index (χ1) is 7.65. The molecule has 2 aliphatic carbocycles. The number of aromatic nitrogens is 2. The van der Waals surface area contributed by atoms with Gasteiger partial charge in [-0.1, -0.05) is 6.42 Å². The third-order valence-corrected chi connectivity index (χ3v) is 5.04. The van der Waals surface area contributed by atoms with Crippen molar-refractivity contribution in [3.05, 3.63) is 16.7 Å². The van der Waals surface area contributed by atoms with Gasteiger partial charge in [0, 0.05) is 17.9 Å². The second kappa shape index (κ2) is 3.73. The molecule has 0 radical (unpaired) electrons. The first-order valence-corrected chi connectivity index (χ1v) is 6.83. The highest BCUT2D eigenvalue weighted by molar-refractivity contribution is 7.71. The molecular weight excluding hydrogens is 216 g/mol. The van der Waals surface area contributed by atoms with Gasteiger partial charge in [0.25, 0.3) is 0 Å². The normalized spacial score (nSPS) is 34.5. The molecule has 16 heavy (non-hydrogen) atoms. The second-order valence-electron chi connectivity index (χ2n) is 5.73. The van der Waals surface area contributed by atoms with Crippen LogP contribution in [0.15, 0.2) is 6.20 Å². The van der Waals surface area contributed by atoms with E-state index >= 15 is 0 Å². The maximum Gasteiger partial charge on any atom is 0.177 e. The summed E-state index contributed by atoms with van der Waals surface area (Å²) in [7, 11) is 0. The summed E-state index contributed by atoms with van der Waals surface area (Å²) in [6.07, 6.45) is 8.02. The highest BCUT2D eigenvalue weighted by Gasteiger charge is 2.42. The summed E-state index contributed by atoms with van der Waals surface area (Å²) in [5.74, 6) is 2.85. The van der Waals surface area contributed by atoms with Crippen LogP contribution in [0.5, 0.6) is 0 Å². The number of H-pyrrole nitrogens is 1. The number of fused-ring (bicyclic) bond motifs is 2. The minimum absolute atomic E-state index is 0.577. The summed E-state index contributed by atoms with van der Waals surface area (Å²) in [6, 6.07) is 0.577. The number of nitrogens with one attached hydrogen (secondary N) is 1. The van der Waals surface area contributed by atoms with Gasteiger partial charge in [-0.2, -0.15) is 0 Å². The summed E-state index contributed by atoms with van der Waals surface area (Å²) in [6.45, 7) is 4.42. The number of hydrogen-bond acceptors (Lipinski definition) is 1. The largest absolute Gasteiger partial charge is 0.335 e. The number of hydrogen-bond donors (Lipinski definition) is 1. The average molecular weight is 236 g/mol. The molecule has 3 rings (SSSR count). The van der Waals surface area contributed by atoms with Gasteiger partial charge in [0.2, 0.25) is 0 Å². The van der Waals surface area contributed by atoms with E-state index in [-0.39, 0.29) is 0 Å². The smallest absolute Gasteiger partial charge is 0.177 e. The summed E-state index contributed by atoms with van der Waals surface area (Å²) < 4.78 is 3.17. The molecule has 4 unspecified atom stereocenters. The molecule has 0 aliphatic heterocycles. The van der Waals surface area contributed by atoms with Crippen molar-refractivity contribution in [3.63, 3.8) is 0 Å². The van der Waals surface area contributed by atoms with Gasteiger partial charge in [0.1, 0.15) is 0 Å². The number of nitrogens with zero attached hydrogens (tertiary/aromatic N) is 1. The van der Waals surface area contributed by atoms with Crippen molar-refractivity contribution < 1.29 is 0 Å². The van der Waals surface area contributed by atoms with Gasteiger partial charge < -0.3 is 9.55 Å². The Kier molecular flexibility index (Phi) is 2.46. The fraction of sp³-hybridized carbons (Fsp3) is 0.769. The molecule has 0 saturated heterocycles. The van der Waals surface area contributed by atoms with Crippen LogP contribution in [0.4, 0.5) is 0 Å². The minimum Gasteiger partial charge on any atom is -0.335 e. The monoisotopic (exact) mass is 236 g/mol. The number of rotatable bonds is 2. The Morgan fingerprint density at radius 3 is 2.75 bits per heavy atom. The lowest BCUT2D eigenvalue weighted by Gasteiger charge is -2.28. The third kappa shape index (κ3) is 1.56. The summed E-state index contributed by atoms with van der Waals surface area (Å²) in [5, 5.41) is 0. The maximum absolute atomic E-state index is 5.38. The fourth-order valence-corrected chi connectivity index (χ4v) is 4.31. The molecule has 0 amide bonds. The van der Waals surface area contributed by atoms with E-state index in [4.69, 9.17) is 12.2 Å². The Balaban J connectivity index is 1.85. The minimum atomic E-state index is 0.577. The van der Waals surface area contributed by atoms with E-state index in [1.807, 2.05) is 0 Å². The number of imidazole rings is 1. The van der Waals surface area contributed by atoms with Crippen molar-refractivity contribution in [3.8, 4) is 0 Å². The Bertz CT molecular complexity index is 445. The highest BCUT2D eigenvalue weighted by atomic mass is 32.1. The molecule has 2 aliphatic rings. The quantitative estimate of drug-likeness (QED) is 0.773. The van der Waals surface area contributed by atoms with E-state index in [1.165, 1.54) is 31.4 Å². The van der Waals surface area contributed by atoms with Crippen LogP contribution in [-0.4, -0.2) is 9.55 Å². The Morgan fingerprint density at radius 1 is 1.44 bits per heavy atom.